The van der Waals surface area contributed by atoms with Gasteiger partial charge in [0.25, 0.3) is 0 Å². The van der Waals surface area contributed by atoms with Crippen molar-refractivity contribution in [2.24, 2.45) is 0 Å². The maximum Gasteiger partial charge on any atom is 0.124 e. The molecule has 0 heterocycles. The van der Waals surface area contributed by atoms with E-state index in [1.165, 1.54) is 12.1 Å². The van der Waals surface area contributed by atoms with Crippen LogP contribution in [0.4, 0.5) is 10.1 Å². The van der Waals surface area contributed by atoms with Crippen molar-refractivity contribution in [3.05, 3.63) is 29.6 Å². The summed E-state index contributed by atoms with van der Waals surface area (Å²) in [4.78, 5) is 0. The topological polar surface area (TPSA) is 45.0 Å². The second-order valence-electron chi connectivity index (χ2n) is 4.31. The van der Waals surface area contributed by atoms with Crippen LogP contribution in [0.5, 0.6) is 0 Å². The smallest absolute Gasteiger partial charge is 0.124 e. The summed E-state index contributed by atoms with van der Waals surface area (Å²) in [5.41, 5.74) is 1.06. The van der Waals surface area contributed by atoms with Crippen LogP contribution >= 0.6 is 0 Å². The summed E-state index contributed by atoms with van der Waals surface area (Å²) in [7, 11) is 1.71. The van der Waals surface area contributed by atoms with E-state index in [1.807, 2.05) is 6.07 Å². The van der Waals surface area contributed by atoms with Gasteiger partial charge in [0.1, 0.15) is 11.9 Å². The SMILES string of the molecule is COC1CCC(Nc2ccc(F)cc2C#N)C1. The van der Waals surface area contributed by atoms with Gasteiger partial charge in [0, 0.05) is 13.2 Å². The maximum atomic E-state index is 13.0. The second-order valence-corrected chi connectivity index (χ2v) is 4.31. The average molecular weight is 234 g/mol. The molecule has 1 aliphatic rings. The monoisotopic (exact) mass is 234 g/mol. The van der Waals surface area contributed by atoms with Crippen molar-refractivity contribution in [3.8, 4) is 6.07 Å². The van der Waals surface area contributed by atoms with Gasteiger partial charge in [-0.2, -0.15) is 5.26 Å². The Bertz CT molecular complexity index is 442. The minimum absolute atomic E-state index is 0.290. The lowest BCUT2D eigenvalue weighted by molar-refractivity contribution is 0.108. The van der Waals surface area contributed by atoms with Crippen LogP contribution in [0.2, 0.25) is 0 Å². The molecule has 90 valence electrons. The molecule has 1 fully saturated rings. The molecular weight excluding hydrogens is 219 g/mol. The first kappa shape index (κ1) is 11.9. The van der Waals surface area contributed by atoms with Crippen LogP contribution in [0.15, 0.2) is 18.2 Å². The van der Waals surface area contributed by atoms with Crippen LogP contribution in [0.1, 0.15) is 24.8 Å². The number of anilines is 1. The fourth-order valence-electron chi connectivity index (χ4n) is 2.24. The zero-order valence-electron chi connectivity index (χ0n) is 9.74. The largest absolute Gasteiger partial charge is 0.381 e. The second kappa shape index (κ2) is 5.15. The Morgan fingerprint density at radius 2 is 2.29 bits per heavy atom. The van der Waals surface area contributed by atoms with E-state index >= 15 is 0 Å². The van der Waals surface area contributed by atoms with Crippen molar-refractivity contribution < 1.29 is 9.13 Å². The Labute approximate surface area is 100 Å². The molecule has 0 bridgehead atoms. The van der Waals surface area contributed by atoms with Gasteiger partial charge < -0.3 is 10.1 Å². The highest BCUT2D eigenvalue weighted by Gasteiger charge is 2.24. The minimum Gasteiger partial charge on any atom is -0.381 e. The van der Waals surface area contributed by atoms with Crippen molar-refractivity contribution in [2.45, 2.75) is 31.4 Å². The average Bonchev–Trinajstić information content (AvgIpc) is 2.79. The molecule has 2 unspecified atom stereocenters. The lowest BCUT2D eigenvalue weighted by atomic mass is 10.1. The Hall–Kier alpha value is -1.60. The van der Waals surface area contributed by atoms with Crippen LogP contribution < -0.4 is 5.32 Å². The quantitative estimate of drug-likeness (QED) is 0.874. The van der Waals surface area contributed by atoms with Crippen LogP contribution in [0.25, 0.3) is 0 Å². The third-order valence-electron chi connectivity index (χ3n) is 3.18. The summed E-state index contributed by atoms with van der Waals surface area (Å²) < 4.78 is 18.3. The van der Waals surface area contributed by atoms with E-state index in [2.05, 4.69) is 5.32 Å². The Morgan fingerprint density at radius 3 is 2.94 bits per heavy atom. The number of halogens is 1. The molecule has 17 heavy (non-hydrogen) atoms. The van der Waals surface area contributed by atoms with Gasteiger partial charge >= 0.3 is 0 Å². The predicted octanol–water partition coefficient (Wildman–Crippen LogP) is 2.68. The zero-order valence-corrected chi connectivity index (χ0v) is 9.74. The van der Waals surface area contributed by atoms with E-state index in [9.17, 15) is 4.39 Å². The number of ether oxygens (including phenoxy) is 1. The molecule has 1 saturated carbocycles. The number of nitriles is 1. The van der Waals surface area contributed by atoms with E-state index in [1.54, 1.807) is 13.2 Å². The highest BCUT2D eigenvalue weighted by atomic mass is 19.1. The van der Waals surface area contributed by atoms with E-state index in [0.717, 1.165) is 19.3 Å². The number of nitrogens with zero attached hydrogens (tertiary/aromatic N) is 1. The number of hydrogen-bond acceptors (Lipinski definition) is 3. The van der Waals surface area contributed by atoms with Crippen LogP contribution in [-0.4, -0.2) is 19.3 Å². The van der Waals surface area contributed by atoms with Crippen molar-refractivity contribution in [1.29, 1.82) is 5.26 Å². The third kappa shape index (κ3) is 2.75. The molecule has 1 aliphatic carbocycles. The first-order valence-electron chi connectivity index (χ1n) is 5.72. The molecule has 1 N–H and O–H groups in total. The summed E-state index contributed by atoms with van der Waals surface area (Å²) in [6.45, 7) is 0. The van der Waals surface area contributed by atoms with Gasteiger partial charge in [-0.1, -0.05) is 0 Å². The van der Waals surface area contributed by atoms with Crippen molar-refractivity contribution >= 4 is 5.69 Å². The summed E-state index contributed by atoms with van der Waals surface area (Å²) in [5.74, 6) is -0.381. The number of methoxy groups -OCH3 is 1. The van der Waals surface area contributed by atoms with Crippen molar-refractivity contribution in [2.75, 3.05) is 12.4 Å². The molecule has 1 aromatic carbocycles. The highest BCUT2D eigenvalue weighted by molar-refractivity contribution is 5.58. The fraction of sp³-hybridized carbons (Fsp3) is 0.462. The molecule has 2 atom stereocenters. The molecule has 0 amide bonds. The molecule has 2 rings (SSSR count). The van der Waals surface area contributed by atoms with E-state index < -0.39 is 0 Å². The van der Waals surface area contributed by atoms with Gasteiger partial charge in [-0.15, -0.1) is 0 Å². The van der Waals surface area contributed by atoms with Gasteiger partial charge in [0.2, 0.25) is 0 Å². The summed E-state index contributed by atoms with van der Waals surface area (Å²) in [6, 6.07) is 6.55. The molecule has 0 radical (unpaired) electrons. The van der Waals surface area contributed by atoms with Crippen LogP contribution in [0, 0.1) is 17.1 Å². The third-order valence-corrected chi connectivity index (χ3v) is 3.18. The molecule has 0 aromatic heterocycles. The summed E-state index contributed by atoms with van der Waals surface area (Å²) >= 11 is 0. The Kier molecular flexibility index (Phi) is 3.60. The van der Waals surface area contributed by atoms with Crippen molar-refractivity contribution in [3.63, 3.8) is 0 Å². The summed E-state index contributed by atoms with van der Waals surface area (Å²) in [6.07, 6.45) is 3.26. The minimum atomic E-state index is -0.381. The first-order valence-corrected chi connectivity index (χ1v) is 5.72. The lowest BCUT2D eigenvalue weighted by Crippen LogP contribution is -2.17. The maximum absolute atomic E-state index is 13.0. The highest BCUT2D eigenvalue weighted by Crippen LogP contribution is 2.26. The Morgan fingerprint density at radius 1 is 1.47 bits per heavy atom. The zero-order chi connectivity index (χ0) is 12.3. The van der Waals surface area contributed by atoms with E-state index in [-0.39, 0.29) is 5.82 Å². The molecule has 1 aromatic rings. The van der Waals surface area contributed by atoms with Gasteiger partial charge in [0.05, 0.1) is 17.4 Å². The predicted molar refractivity (Wildman–Crippen MR) is 63.2 cm³/mol. The van der Waals surface area contributed by atoms with Crippen LogP contribution in [0.3, 0.4) is 0 Å². The molecule has 0 aliphatic heterocycles. The first-order chi connectivity index (χ1) is 8.22. The molecule has 4 heteroatoms. The number of rotatable bonds is 3. The molecule has 0 spiro atoms. The Balaban J connectivity index is 2.07. The van der Waals surface area contributed by atoms with Gasteiger partial charge in [0.15, 0.2) is 0 Å². The van der Waals surface area contributed by atoms with Gasteiger partial charge in [-0.25, -0.2) is 4.39 Å². The standard InChI is InChI=1S/C13H15FN2O/c1-17-12-4-3-11(7-12)16-13-5-2-10(14)6-9(13)8-15/h2,5-6,11-12,16H,3-4,7H2,1H3. The number of hydrogen-bond donors (Lipinski definition) is 1. The van der Waals surface area contributed by atoms with Crippen LogP contribution in [-0.2, 0) is 4.74 Å². The molecule has 0 saturated heterocycles. The van der Waals surface area contributed by atoms with E-state index in [0.29, 0.717) is 23.4 Å². The van der Waals surface area contributed by atoms with Gasteiger partial charge in [-0.05, 0) is 37.5 Å². The molecular formula is C13H15FN2O. The lowest BCUT2D eigenvalue weighted by Gasteiger charge is -2.15. The fourth-order valence-corrected chi connectivity index (χ4v) is 2.24. The number of benzene rings is 1. The van der Waals surface area contributed by atoms with Crippen molar-refractivity contribution in [1.82, 2.24) is 0 Å². The normalized spacial score (nSPS) is 23.4. The molecule has 3 nitrogen and oxygen atoms in total. The number of nitrogens with one attached hydrogen (secondary N) is 1. The van der Waals surface area contributed by atoms with Gasteiger partial charge in [-0.3, -0.25) is 0 Å². The van der Waals surface area contributed by atoms with E-state index in [4.69, 9.17) is 10.00 Å². The summed E-state index contributed by atoms with van der Waals surface area (Å²) in [5, 5.41) is 12.2.